The monoisotopic (exact) mass is 264 g/mol. The Hall–Kier alpha value is -1.84. The maximum Gasteiger partial charge on any atom is 0.338 e. The lowest BCUT2D eigenvalue weighted by Crippen LogP contribution is -2.08. The first-order chi connectivity index (χ1) is 9.06. The summed E-state index contributed by atoms with van der Waals surface area (Å²) < 4.78 is 9.85. The molecule has 0 fully saturated rings. The summed E-state index contributed by atoms with van der Waals surface area (Å²) in [7, 11) is 0. The van der Waals surface area contributed by atoms with Crippen LogP contribution in [0.25, 0.3) is 0 Å². The number of aryl methyl sites for hydroxylation is 2. The van der Waals surface area contributed by atoms with Crippen LogP contribution in [-0.4, -0.2) is 25.2 Å². The van der Waals surface area contributed by atoms with Crippen molar-refractivity contribution < 1.29 is 19.1 Å². The largest absolute Gasteiger partial charge is 0.466 e. The maximum atomic E-state index is 11.7. The standard InChI is InChI=1S/C15H20O4/c1-4-18-14(16)7-6-12-8-11(3)9-13(10-12)15(17)19-5-2/h8-10H,4-7H2,1-3H3. The zero-order valence-corrected chi connectivity index (χ0v) is 11.7. The Kier molecular flexibility index (Phi) is 6.06. The number of carbonyl (C=O) groups excluding carboxylic acids is 2. The highest BCUT2D eigenvalue weighted by molar-refractivity contribution is 5.89. The lowest BCUT2D eigenvalue weighted by atomic mass is 10.0. The van der Waals surface area contributed by atoms with Crippen molar-refractivity contribution in [2.24, 2.45) is 0 Å². The lowest BCUT2D eigenvalue weighted by molar-refractivity contribution is -0.143. The predicted molar refractivity (Wildman–Crippen MR) is 72.1 cm³/mol. The number of carbonyl (C=O) groups is 2. The van der Waals surface area contributed by atoms with Gasteiger partial charge in [0.1, 0.15) is 0 Å². The summed E-state index contributed by atoms with van der Waals surface area (Å²) >= 11 is 0. The summed E-state index contributed by atoms with van der Waals surface area (Å²) in [4.78, 5) is 23.0. The van der Waals surface area contributed by atoms with E-state index in [4.69, 9.17) is 9.47 Å². The topological polar surface area (TPSA) is 52.6 Å². The maximum absolute atomic E-state index is 11.7. The molecule has 0 aliphatic carbocycles. The van der Waals surface area contributed by atoms with Crippen LogP contribution in [0, 0.1) is 6.92 Å². The normalized spacial score (nSPS) is 10.1. The SMILES string of the molecule is CCOC(=O)CCc1cc(C)cc(C(=O)OCC)c1. The Bertz CT molecular complexity index is 451. The Morgan fingerprint density at radius 3 is 2.37 bits per heavy atom. The molecule has 0 radical (unpaired) electrons. The second-order valence-electron chi connectivity index (χ2n) is 4.23. The van der Waals surface area contributed by atoms with Gasteiger partial charge in [-0.1, -0.05) is 11.6 Å². The van der Waals surface area contributed by atoms with Gasteiger partial charge in [-0.05, 0) is 44.9 Å². The quantitative estimate of drug-likeness (QED) is 0.741. The van der Waals surface area contributed by atoms with Crippen LogP contribution in [0.1, 0.15) is 41.8 Å². The molecule has 0 spiro atoms. The van der Waals surface area contributed by atoms with E-state index in [0.717, 1.165) is 11.1 Å². The van der Waals surface area contributed by atoms with Crippen LogP contribution in [0.2, 0.25) is 0 Å². The molecule has 0 atom stereocenters. The minimum absolute atomic E-state index is 0.221. The van der Waals surface area contributed by atoms with Gasteiger partial charge in [-0.2, -0.15) is 0 Å². The molecule has 0 aliphatic heterocycles. The van der Waals surface area contributed by atoms with Crippen molar-refractivity contribution in [3.8, 4) is 0 Å². The van der Waals surface area contributed by atoms with Gasteiger partial charge in [0.25, 0.3) is 0 Å². The number of hydrogen-bond acceptors (Lipinski definition) is 4. The lowest BCUT2D eigenvalue weighted by Gasteiger charge is -2.07. The van der Waals surface area contributed by atoms with Gasteiger partial charge in [0.05, 0.1) is 18.8 Å². The highest BCUT2D eigenvalue weighted by Gasteiger charge is 2.09. The van der Waals surface area contributed by atoms with Crippen molar-refractivity contribution in [1.29, 1.82) is 0 Å². The number of benzene rings is 1. The van der Waals surface area contributed by atoms with Crippen molar-refractivity contribution >= 4 is 11.9 Å². The fourth-order valence-corrected chi connectivity index (χ4v) is 1.82. The van der Waals surface area contributed by atoms with Gasteiger partial charge >= 0.3 is 11.9 Å². The summed E-state index contributed by atoms with van der Waals surface area (Å²) in [5.41, 5.74) is 2.45. The molecule has 1 rings (SSSR count). The van der Waals surface area contributed by atoms with Gasteiger partial charge in [-0.25, -0.2) is 4.79 Å². The molecular weight excluding hydrogens is 244 g/mol. The van der Waals surface area contributed by atoms with Gasteiger partial charge in [-0.15, -0.1) is 0 Å². The molecule has 4 nitrogen and oxygen atoms in total. The van der Waals surface area contributed by atoms with Crippen molar-refractivity contribution in [1.82, 2.24) is 0 Å². The molecule has 4 heteroatoms. The predicted octanol–water partition coefficient (Wildman–Crippen LogP) is 2.67. The molecule has 19 heavy (non-hydrogen) atoms. The first-order valence-corrected chi connectivity index (χ1v) is 6.50. The molecule has 0 saturated heterocycles. The van der Waals surface area contributed by atoms with Gasteiger partial charge in [0, 0.05) is 6.42 Å². The average molecular weight is 264 g/mol. The van der Waals surface area contributed by atoms with Crippen LogP contribution in [0.4, 0.5) is 0 Å². The molecule has 0 aromatic heterocycles. The molecular formula is C15H20O4. The van der Waals surface area contributed by atoms with Crippen molar-refractivity contribution in [3.05, 3.63) is 34.9 Å². The number of hydrogen-bond donors (Lipinski definition) is 0. The van der Waals surface area contributed by atoms with Crippen LogP contribution in [0.5, 0.6) is 0 Å². The third kappa shape index (κ3) is 5.12. The molecule has 0 unspecified atom stereocenters. The highest BCUT2D eigenvalue weighted by atomic mass is 16.5. The van der Waals surface area contributed by atoms with E-state index in [-0.39, 0.29) is 11.9 Å². The van der Waals surface area contributed by atoms with E-state index >= 15 is 0 Å². The van der Waals surface area contributed by atoms with Crippen LogP contribution >= 0.6 is 0 Å². The zero-order valence-electron chi connectivity index (χ0n) is 11.7. The van der Waals surface area contributed by atoms with Gasteiger partial charge in [-0.3, -0.25) is 4.79 Å². The van der Waals surface area contributed by atoms with Crippen molar-refractivity contribution in [2.75, 3.05) is 13.2 Å². The zero-order chi connectivity index (χ0) is 14.3. The van der Waals surface area contributed by atoms with Gasteiger partial charge < -0.3 is 9.47 Å². The smallest absolute Gasteiger partial charge is 0.338 e. The molecule has 0 amide bonds. The van der Waals surface area contributed by atoms with E-state index in [2.05, 4.69) is 0 Å². The minimum atomic E-state index is -0.330. The summed E-state index contributed by atoms with van der Waals surface area (Å²) in [6, 6.07) is 5.51. The minimum Gasteiger partial charge on any atom is -0.466 e. The summed E-state index contributed by atoms with van der Waals surface area (Å²) in [6.07, 6.45) is 0.881. The fourth-order valence-electron chi connectivity index (χ4n) is 1.82. The van der Waals surface area contributed by atoms with Crippen LogP contribution < -0.4 is 0 Å². The Morgan fingerprint density at radius 1 is 1.05 bits per heavy atom. The molecule has 0 heterocycles. The number of ether oxygens (including phenoxy) is 2. The summed E-state index contributed by atoms with van der Waals surface area (Å²) in [5.74, 6) is -0.551. The van der Waals surface area contributed by atoms with E-state index in [1.54, 1.807) is 26.0 Å². The summed E-state index contributed by atoms with van der Waals surface area (Å²) in [6.45, 7) is 6.21. The van der Waals surface area contributed by atoms with E-state index in [9.17, 15) is 9.59 Å². The Labute approximate surface area is 113 Å². The van der Waals surface area contributed by atoms with Gasteiger partial charge in [0.15, 0.2) is 0 Å². The van der Waals surface area contributed by atoms with Crippen molar-refractivity contribution in [3.63, 3.8) is 0 Å². The molecule has 0 N–H and O–H groups in total. The highest BCUT2D eigenvalue weighted by Crippen LogP contribution is 2.13. The Balaban J connectivity index is 2.73. The van der Waals surface area contributed by atoms with Gasteiger partial charge in [0.2, 0.25) is 0 Å². The average Bonchev–Trinajstić information content (AvgIpc) is 2.36. The van der Waals surface area contributed by atoms with Crippen molar-refractivity contribution in [2.45, 2.75) is 33.6 Å². The fraction of sp³-hybridized carbons (Fsp3) is 0.467. The molecule has 104 valence electrons. The number of rotatable bonds is 6. The van der Waals surface area contributed by atoms with E-state index < -0.39 is 0 Å². The molecule has 1 aromatic rings. The van der Waals surface area contributed by atoms with Crippen LogP contribution in [0.15, 0.2) is 18.2 Å². The van der Waals surface area contributed by atoms with E-state index in [1.807, 2.05) is 13.0 Å². The first-order valence-electron chi connectivity index (χ1n) is 6.50. The molecule has 0 bridgehead atoms. The number of esters is 2. The van der Waals surface area contributed by atoms with Crippen LogP contribution in [0.3, 0.4) is 0 Å². The molecule has 1 aromatic carbocycles. The van der Waals surface area contributed by atoms with E-state index in [0.29, 0.717) is 31.6 Å². The third-order valence-corrected chi connectivity index (χ3v) is 2.57. The Morgan fingerprint density at radius 2 is 1.74 bits per heavy atom. The first kappa shape index (κ1) is 15.2. The second-order valence-corrected chi connectivity index (χ2v) is 4.23. The van der Waals surface area contributed by atoms with E-state index in [1.165, 1.54) is 0 Å². The second kappa shape index (κ2) is 7.56. The third-order valence-electron chi connectivity index (χ3n) is 2.57. The molecule has 0 aliphatic rings. The van der Waals surface area contributed by atoms with Crippen LogP contribution in [-0.2, 0) is 20.7 Å². The summed E-state index contributed by atoms with van der Waals surface area (Å²) in [5, 5.41) is 0. The molecule has 0 saturated carbocycles.